The summed E-state index contributed by atoms with van der Waals surface area (Å²) in [6.45, 7) is 0. The van der Waals surface area contributed by atoms with Gasteiger partial charge in [-0.05, 0) is 31.4 Å². The van der Waals surface area contributed by atoms with E-state index in [2.05, 4.69) is 9.82 Å². The number of benzene rings is 1. The SMILES string of the molecule is Cn1cc(S(=O)(=O)N[C@@H]2CCC[C@@H]2Oc2ccccc2)cn1. The number of ether oxygens (including phenoxy) is 1. The third-order valence-electron chi connectivity index (χ3n) is 3.78. The molecule has 1 aromatic carbocycles. The van der Waals surface area contributed by atoms with Gasteiger partial charge in [-0.3, -0.25) is 4.68 Å². The number of hydrogen-bond acceptors (Lipinski definition) is 4. The maximum atomic E-state index is 12.4. The lowest BCUT2D eigenvalue weighted by atomic mass is 10.2. The van der Waals surface area contributed by atoms with Crippen molar-refractivity contribution in [3.05, 3.63) is 42.7 Å². The molecule has 1 aliphatic rings. The summed E-state index contributed by atoms with van der Waals surface area (Å²) in [6.07, 6.45) is 5.26. The molecule has 2 atom stereocenters. The minimum Gasteiger partial charge on any atom is -0.489 e. The fourth-order valence-corrected chi connectivity index (χ4v) is 3.96. The van der Waals surface area contributed by atoms with Crippen LogP contribution < -0.4 is 9.46 Å². The summed E-state index contributed by atoms with van der Waals surface area (Å²) in [6, 6.07) is 9.27. The molecule has 6 nitrogen and oxygen atoms in total. The largest absolute Gasteiger partial charge is 0.489 e. The first-order valence-electron chi connectivity index (χ1n) is 7.27. The molecule has 1 saturated carbocycles. The van der Waals surface area contributed by atoms with Crippen LogP contribution in [0.2, 0.25) is 0 Å². The Morgan fingerprint density at radius 3 is 2.73 bits per heavy atom. The Balaban J connectivity index is 1.71. The fourth-order valence-electron chi connectivity index (χ4n) is 2.68. The zero-order valence-corrected chi connectivity index (χ0v) is 13.2. The van der Waals surface area contributed by atoms with Crippen LogP contribution in [0.15, 0.2) is 47.6 Å². The van der Waals surface area contributed by atoms with Crippen molar-refractivity contribution in [2.45, 2.75) is 36.3 Å². The van der Waals surface area contributed by atoms with Crippen LogP contribution in [-0.4, -0.2) is 30.3 Å². The first kappa shape index (κ1) is 15.1. The lowest BCUT2D eigenvalue weighted by molar-refractivity contribution is 0.185. The van der Waals surface area contributed by atoms with Gasteiger partial charge in [0.15, 0.2) is 0 Å². The molecule has 7 heteroatoms. The Morgan fingerprint density at radius 1 is 1.27 bits per heavy atom. The van der Waals surface area contributed by atoms with Crippen molar-refractivity contribution in [2.75, 3.05) is 0 Å². The minimum atomic E-state index is -3.56. The zero-order valence-electron chi connectivity index (χ0n) is 12.3. The van der Waals surface area contributed by atoms with Crippen molar-refractivity contribution in [1.82, 2.24) is 14.5 Å². The van der Waals surface area contributed by atoms with Crippen molar-refractivity contribution in [3.8, 4) is 5.75 Å². The van der Waals surface area contributed by atoms with Crippen molar-refractivity contribution in [1.29, 1.82) is 0 Å². The van der Waals surface area contributed by atoms with E-state index in [0.717, 1.165) is 25.0 Å². The Bertz CT molecular complexity index is 728. The molecule has 0 aliphatic heterocycles. The molecule has 2 aromatic rings. The summed E-state index contributed by atoms with van der Waals surface area (Å²) < 4.78 is 34.9. The predicted molar refractivity (Wildman–Crippen MR) is 82.0 cm³/mol. The predicted octanol–water partition coefficient (Wildman–Crippen LogP) is 1.70. The second-order valence-electron chi connectivity index (χ2n) is 5.48. The normalized spacial score (nSPS) is 21.9. The smallest absolute Gasteiger partial charge is 0.244 e. The van der Waals surface area contributed by atoms with Gasteiger partial charge in [-0.2, -0.15) is 5.10 Å². The lowest BCUT2D eigenvalue weighted by Gasteiger charge is -2.22. The highest BCUT2D eigenvalue weighted by Gasteiger charge is 2.33. The van der Waals surface area contributed by atoms with E-state index >= 15 is 0 Å². The highest BCUT2D eigenvalue weighted by Crippen LogP contribution is 2.26. The van der Waals surface area contributed by atoms with Crippen LogP contribution in [0, 0.1) is 0 Å². The molecule has 1 aliphatic carbocycles. The van der Waals surface area contributed by atoms with Crippen molar-refractivity contribution < 1.29 is 13.2 Å². The third-order valence-corrected chi connectivity index (χ3v) is 5.23. The van der Waals surface area contributed by atoms with Gasteiger partial charge in [0.2, 0.25) is 10.0 Å². The highest BCUT2D eigenvalue weighted by atomic mass is 32.2. The molecular formula is C15H19N3O3S. The van der Waals surface area contributed by atoms with Crippen LogP contribution in [-0.2, 0) is 17.1 Å². The van der Waals surface area contributed by atoms with E-state index in [1.807, 2.05) is 30.3 Å². The fraction of sp³-hybridized carbons (Fsp3) is 0.400. The third kappa shape index (κ3) is 3.31. The van der Waals surface area contributed by atoms with Crippen LogP contribution >= 0.6 is 0 Å². The Morgan fingerprint density at radius 2 is 2.05 bits per heavy atom. The molecule has 0 bridgehead atoms. The van der Waals surface area contributed by atoms with E-state index < -0.39 is 10.0 Å². The summed E-state index contributed by atoms with van der Waals surface area (Å²) >= 11 is 0. The number of rotatable bonds is 5. The summed E-state index contributed by atoms with van der Waals surface area (Å²) in [4.78, 5) is 0.181. The van der Waals surface area contributed by atoms with Gasteiger partial charge in [-0.15, -0.1) is 0 Å². The number of aryl methyl sites for hydroxylation is 1. The Kier molecular flexibility index (Phi) is 4.17. The second-order valence-corrected chi connectivity index (χ2v) is 7.19. The summed E-state index contributed by atoms with van der Waals surface area (Å²) in [7, 11) is -1.87. The van der Waals surface area contributed by atoms with Crippen LogP contribution in [0.1, 0.15) is 19.3 Å². The van der Waals surface area contributed by atoms with E-state index in [1.165, 1.54) is 17.1 Å². The van der Waals surface area contributed by atoms with Gasteiger partial charge in [-0.25, -0.2) is 13.1 Å². The standard InChI is InChI=1S/C15H19N3O3S/c1-18-11-13(10-16-18)22(19,20)17-14-8-5-9-15(14)21-12-6-3-2-4-7-12/h2-4,6-7,10-11,14-15,17H,5,8-9H2,1H3/t14-,15+/m1/s1. The van der Waals surface area contributed by atoms with E-state index in [1.54, 1.807) is 7.05 Å². The second kappa shape index (κ2) is 6.10. The zero-order chi connectivity index (χ0) is 15.6. The molecule has 0 unspecified atom stereocenters. The number of nitrogens with one attached hydrogen (secondary N) is 1. The first-order valence-corrected chi connectivity index (χ1v) is 8.75. The van der Waals surface area contributed by atoms with Gasteiger partial charge in [0.25, 0.3) is 0 Å². The number of sulfonamides is 1. The highest BCUT2D eigenvalue weighted by molar-refractivity contribution is 7.89. The number of hydrogen-bond donors (Lipinski definition) is 1. The molecule has 118 valence electrons. The molecule has 0 radical (unpaired) electrons. The van der Waals surface area contributed by atoms with Gasteiger partial charge < -0.3 is 4.74 Å². The quantitative estimate of drug-likeness (QED) is 0.909. The molecule has 1 fully saturated rings. The van der Waals surface area contributed by atoms with Crippen LogP contribution in [0.4, 0.5) is 0 Å². The van der Waals surface area contributed by atoms with Gasteiger partial charge in [0, 0.05) is 13.2 Å². The molecule has 1 heterocycles. The maximum Gasteiger partial charge on any atom is 0.244 e. The number of aromatic nitrogens is 2. The molecule has 0 amide bonds. The minimum absolute atomic E-state index is 0.145. The van der Waals surface area contributed by atoms with Gasteiger partial charge >= 0.3 is 0 Å². The summed E-state index contributed by atoms with van der Waals surface area (Å²) in [5.74, 6) is 0.764. The maximum absolute atomic E-state index is 12.4. The summed E-state index contributed by atoms with van der Waals surface area (Å²) in [5.41, 5.74) is 0. The van der Waals surface area contributed by atoms with Crippen LogP contribution in [0.5, 0.6) is 5.75 Å². The van der Waals surface area contributed by atoms with E-state index in [9.17, 15) is 8.42 Å². The van der Waals surface area contributed by atoms with Gasteiger partial charge in [0.1, 0.15) is 16.7 Å². The molecule has 3 rings (SSSR count). The Hall–Kier alpha value is -1.86. The molecule has 0 saturated heterocycles. The summed E-state index contributed by atoms with van der Waals surface area (Å²) in [5, 5.41) is 3.91. The van der Waals surface area contributed by atoms with Crippen molar-refractivity contribution >= 4 is 10.0 Å². The molecular weight excluding hydrogens is 302 g/mol. The van der Waals surface area contributed by atoms with E-state index in [0.29, 0.717) is 0 Å². The van der Waals surface area contributed by atoms with Gasteiger partial charge in [0.05, 0.1) is 12.2 Å². The number of para-hydroxylation sites is 1. The first-order chi connectivity index (χ1) is 10.5. The molecule has 1 N–H and O–H groups in total. The average molecular weight is 321 g/mol. The monoisotopic (exact) mass is 321 g/mol. The van der Waals surface area contributed by atoms with Crippen LogP contribution in [0.25, 0.3) is 0 Å². The Labute approximate surface area is 130 Å². The molecule has 22 heavy (non-hydrogen) atoms. The lowest BCUT2D eigenvalue weighted by Crippen LogP contribution is -2.42. The van der Waals surface area contributed by atoms with E-state index in [-0.39, 0.29) is 17.0 Å². The van der Waals surface area contributed by atoms with Gasteiger partial charge in [-0.1, -0.05) is 18.2 Å². The van der Waals surface area contributed by atoms with Crippen LogP contribution in [0.3, 0.4) is 0 Å². The topological polar surface area (TPSA) is 73.2 Å². The van der Waals surface area contributed by atoms with E-state index in [4.69, 9.17) is 4.74 Å². The average Bonchev–Trinajstić information content (AvgIpc) is 3.10. The van der Waals surface area contributed by atoms with Crippen molar-refractivity contribution in [2.24, 2.45) is 7.05 Å². The molecule has 1 aromatic heterocycles. The molecule has 0 spiro atoms. The van der Waals surface area contributed by atoms with Crippen molar-refractivity contribution in [3.63, 3.8) is 0 Å². The number of nitrogens with zero attached hydrogens (tertiary/aromatic N) is 2.